The molecule has 0 aliphatic heterocycles. The van der Waals surface area contributed by atoms with Crippen molar-refractivity contribution in [2.45, 2.75) is 6.10 Å². The van der Waals surface area contributed by atoms with Crippen molar-refractivity contribution in [2.24, 2.45) is 0 Å². The Bertz CT molecular complexity index is 544. The summed E-state index contributed by atoms with van der Waals surface area (Å²) in [7, 11) is 1.60. The third kappa shape index (κ3) is 2.92. The summed E-state index contributed by atoms with van der Waals surface area (Å²) in [5, 5.41) is 12.8. The maximum Gasteiger partial charge on any atom is 0.416 e. The zero-order valence-electron chi connectivity index (χ0n) is 9.84. The SMILES string of the molecule is COc1ccc(NCC(O)c2c[nH]c(=O)o2)cc1. The van der Waals surface area contributed by atoms with Crippen molar-refractivity contribution < 1.29 is 14.3 Å². The molecule has 2 aromatic rings. The lowest BCUT2D eigenvalue weighted by Crippen LogP contribution is -2.11. The molecule has 0 aliphatic carbocycles. The number of aliphatic hydroxyl groups is 1. The monoisotopic (exact) mass is 250 g/mol. The smallest absolute Gasteiger partial charge is 0.416 e. The van der Waals surface area contributed by atoms with Gasteiger partial charge in [0.15, 0.2) is 5.76 Å². The summed E-state index contributed by atoms with van der Waals surface area (Å²) >= 11 is 0. The van der Waals surface area contributed by atoms with E-state index in [4.69, 9.17) is 9.15 Å². The van der Waals surface area contributed by atoms with Crippen LogP contribution in [-0.2, 0) is 0 Å². The number of H-pyrrole nitrogens is 1. The Kier molecular flexibility index (Phi) is 3.69. The topological polar surface area (TPSA) is 87.5 Å². The van der Waals surface area contributed by atoms with Gasteiger partial charge in [-0.1, -0.05) is 0 Å². The molecular weight excluding hydrogens is 236 g/mol. The minimum Gasteiger partial charge on any atom is -0.497 e. The van der Waals surface area contributed by atoms with Gasteiger partial charge in [0, 0.05) is 18.4 Å². The molecule has 18 heavy (non-hydrogen) atoms. The van der Waals surface area contributed by atoms with Crippen LogP contribution in [-0.4, -0.2) is 23.7 Å². The van der Waals surface area contributed by atoms with Crippen LogP contribution < -0.4 is 15.8 Å². The Labute approximate surface area is 103 Å². The minimum atomic E-state index is -0.883. The van der Waals surface area contributed by atoms with Gasteiger partial charge < -0.3 is 19.6 Å². The van der Waals surface area contributed by atoms with Gasteiger partial charge in [-0.3, -0.25) is 4.98 Å². The van der Waals surface area contributed by atoms with Crippen molar-refractivity contribution in [1.29, 1.82) is 0 Å². The largest absolute Gasteiger partial charge is 0.497 e. The summed E-state index contributed by atoms with van der Waals surface area (Å²) in [5.41, 5.74) is 0.840. The van der Waals surface area contributed by atoms with Crippen LogP contribution in [0.25, 0.3) is 0 Å². The normalized spacial score (nSPS) is 12.1. The summed E-state index contributed by atoms with van der Waals surface area (Å²) in [5.74, 6) is 0.396. The molecule has 0 bridgehead atoms. The fourth-order valence-corrected chi connectivity index (χ4v) is 1.48. The second kappa shape index (κ2) is 5.42. The van der Waals surface area contributed by atoms with E-state index in [0.717, 1.165) is 11.4 Å². The Morgan fingerprint density at radius 3 is 2.72 bits per heavy atom. The van der Waals surface area contributed by atoms with Crippen LogP contribution in [0.1, 0.15) is 11.9 Å². The molecule has 1 aromatic carbocycles. The van der Waals surface area contributed by atoms with Crippen molar-refractivity contribution >= 4 is 5.69 Å². The van der Waals surface area contributed by atoms with Crippen LogP contribution in [0.15, 0.2) is 39.7 Å². The molecule has 0 aliphatic rings. The van der Waals surface area contributed by atoms with Gasteiger partial charge in [0.1, 0.15) is 11.9 Å². The predicted molar refractivity (Wildman–Crippen MR) is 65.8 cm³/mol. The zero-order valence-corrected chi connectivity index (χ0v) is 9.84. The fourth-order valence-electron chi connectivity index (χ4n) is 1.48. The maximum absolute atomic E-state index is 10.8. The first-order chi connectivity index (χ1) is 8.69. The van der Waals surface area contributed by atoms with E-state index in [0.29, 0.717) is 0 Å². The van der Waals surface area contributed by atoms with Gasteiger partial charge in [-0.15, -0.1) is 0 Å². The summed E-state index contributed by atoms with van der Waals surface area (Å²) in [6.07, 6.45) is 0.467. The standard InChI is InChI=1S/C12H14N2O4/c1-17-9-4-2-8(3-5-9)13-6-10(15)11-7-14-12(16)18-11/h2-5,7,10,13,15H,6H2,1H3,(H,14,16). The average molecular weight is 250 g/mol. The summed E-state index contributed by atoms with van der Waals surface area (Å²) in [6.45, 7) is 0.243. The van der Waals surface area contributed by atoms with Gasteiger partial charge in [-0.25, -0.2) is 4.79 Å². The van der Waals surface area contributed by atoms with E-state index in [2.05, 4.69) is 10.3 Å². The van der Waals surface area contributed by atoms with Crippen molar-refractivity contribution in [3.8, 4) is 5.75 Å². The predicted octanol–water partition coefficient (Wildman–Crippen LogP) is 1.12. The Hall–Kier alpha value is -2.21. The van der Waals surface area contributed by atoms with E-state index in [1.54, 1.807) is 7.11 Å². The highest BCUT2D eigenvalue weighted by Gasteiger charge is 2.11. The highest BCUT2D eigenvalue weighted by molar-refractivity contribution is 5.46. The van der Waals surface area contributed by atoms with E-state index >= 15 is 0 Å². The van der Waals surface area contributed by atoms with Crippen molar-refractivity contribution in [2.75, 3.05) is 19.0 Å². The molecule has 6 heteroatoms. The summed E-state index contributed by atoms with van der Waals surface area (Å²) in [4.78, 5) is 13.1. The lowest BCUT2D eigenvalue weighted by atomic mass is 10.2. The lowest BCUT2D eigenvalue weighted by molar-refractivity contribution is 0.160. The molecule has 3 N–H and O–H groups in total. The molecule has 0 fully saturated rings. The Morgan fingerprint density at radius 1 is 1.44 bits per heavy atom. The van der Waals surface area contributed by atoms with E-state index in [1.807, 2.05) is 24.3 Å². The number of aliphatic hydroxyl groups excluding tert-OH is 1. The number of oxazole rings is 1. The molecule has 0 amide bonds. The number of nitrogens with one attached hydrogen (secondary N) is 2. The second-order valence-corrected chi connectivity index (χ2v) is 3.71. The molecule has 2 rings (SSSR count). The third-order valence-corrected chi connectivity index (χ3v) is 2.46. The Morgan fingerprint density at radius 2 is 2.17 bits per heavy atom. The second-order valence-electron chi connectivity index (χ2n) is 3.71. The fraction of sp³-hybridized carbons (Fsp3) is 0.250. The van der Waals surface area contributed by atoms with E-state index in [-0.39, 0.29) is 12.3 Å². The maximum atomic E-state index is 10.8. The Balaban J connectivity index is 1.92. The molecule has 1 atom stereocenters. The highest BCUT2D eigenvalue weighted by atomic mass is 16.5. The number of anilines is 1. The summed E-state index contributed by atoms with van der Waals surface area (Å²) < 4.78 is 9.78. The van der Waals surface area contributed by atoms with Crippen LogP contribution >= 0.6 is 0 Å². The van der Waals surface area contributed by atoms with Gasteiger partial charge >= 0.3 is 5.76 Å². The van der Waals surface area contributed by atoms with Crippen LogP contribution in [0.5, 0.6) is 5.75 Å². The number of benzene rings is 1. The number of rotatable bonds is 5. The molecule has 0 saturated carbocycles. The number of aromatic nitrogens is 1. The van der Waals surface area contributed by atoms with Crippen LogP contribution in [0.2, 0.25) is 0 Å². The first-order valence-electron chi connectivity index (χ1n) is 5.43. The summed E-state index contributed by atoms with van der Waals surface area (Å²) in [6, 6.07) is 7.29. The molecule has 96 valence electrons. The van der Waals surface area contributed by atoms with Crippen LogP contribution in [0, 0.1) is 0 Å². The molecule has 1 heterocycles. The van der Waals surface area contributed by atoms with Crippen LogP contribution in [0.3, 0.4) is 0 Å². The van der Waals surface area contributed by atoms with Crippen molar-refractivity contribution in [1.82, 2.24) is 4.98 Å². The van der Waals surface area contributed by atoms with Crippen molar-refractivity contribution in [3.05, 3.63) is 46.8 Å². The van der Waals surface area contributed by atoms with E-state index in [9.17, 15) is 9.90 Å². The van der Waals surface area contributed by atoms with Gasteiger partial charge in [-0.05, 0) is 24.3 Å². The molecule has 1 aromatic heterocycles. The van der Waals surface area contributed by atoms with Gasteiger partial charge in [0.05, 0.1) is 7.11 Å². The number of aromatic amines is 1. The highest BCUT2D eigenvalue weighted by Crippen LogP contribution is 2.16. The molecule has 0 saturated heterocycles. The van der Waals surface area contributed by atoms with E-state index in [1.165, 1.54) is 6.20 Å². The van der Waals surface area contributed by atoms with Crippen molar-refractivity contribution in [3.63, 3.8) is 0 Å². The first kappa shape index (κ1) is 12.3. The first-order valence-corrected chi connectivity index (χ1v) is 5.43. The number of hydrogen-bond acceptors (Lipinski definition) is 5. The average Bonchev–Trinajstić information content (AvgIpc) is 2.83. The third-order valence-electron chi connectivity index (χ3n) is 2.46. The van der Waals surface area contributed by atoms with Gasteiger partial charge in [0.2, 0.25) is 0 Å². The molecular formula is C12H14N2O4. The lowest BCUT2D eigenvalue weighted by Gasteiger charge is -2.10. The van der Waals surface area contributed by atoms with E-state index < -0.39 is 11.9 Å². The quantitative estimate of drug-likeness (QED) is 0.740. The molecule has 0 radical (unpaired) electrons. The number of ether oxygens (including phenoxy) is 1. The zero-order chi connectivity index (χ0) is 13.0. The van der Waals surface area contributed by atoms with Gasteiger partial charge in [0.25, 0.3) is 0 Å². The number of methoxy groups -OCH3 is 1. The molecule has 1 unspecified atom stereocenters. The molecule has 6 nitrogen and oxygen atoms in total. The minimum absolute atomic E-state index is 0.209. The molecule has 0 spiro atoms. The van der Waals surface area contributed by atoms with Gasteiger partial charge in [-0.2, -0.15) is 0 Å². The number of hydrogen-bond donors (Lipinski definition) is 3. The van der Waals surface area contributed by atoms with Crippen LogP contribution in [0.4, 0.5) is 5.69 Å².